The fraction of sp³-hybridized carbons (Fsp3) is 0.600. The molecule has 18 heavy (non-hydrogen) atoms. The minimum Gasteiger partial charge on any atom is -0.329 e. The zero-order valence-corrected chi connectivity index (χ0v) is 12.7. The monoisotopic (exact) mass is 310 g/mol. The molecule has 0 aliphatic heterocycles. The van der Waals surface area contributed by atoms with E-state index in [1.54, 1.807) is 0 Å². The largest absolute Gasteiger partial charge is 0.329 e. The summed E-state index contributed by atoms with van der Waals surface area (Å²) in [5, 5.41) is 0. The van der Waals surface area contributed by atoms with Gasteiger partial charge in [-0.25, -0.2) is 0 Å². The van der Waals surface area contributed by atoms with Gasteiger partial charge >= 0.3 is 0 Å². The fourth-order valence-corrected chi connectivity index (χ4v) is 2.93. The standard InChI is InChI=1S/C15H23BrN2/c1-2-18(11-12-4-3-5-12)15(10-17)13-6-8-14(16)9-7-13/h6-9,12,15H,2-5,10-11,17H2,1H3. The van der Waals surface area contributed by atoms with Crippen molar-refractivity contribution in [1.82, 2.24) is 4.90 Å². The molecule has 0 bridgehead atoms. The third-order valence-electron chi connectivity index (χ3n) is 4.04. The van der Waals surface area contributed by atoms with Crippen molar-refractivity contribution >= 4 is 15.9 Å². The van der Waals surface area contributed by atoms with Crippen LogP contribution in [0.4, 0.5) is 0 Å². The van der Waals surface area contributed by atoms with E-state index in [4.69, 9.17) is 5.73 Å². The van der Waals surface area contributed by atoms with E-state index < -0.39 is 0 Å². The SMILES string of the molecule is CCN(CC1CCC1)C(CN)c1ccc(Br)cc1. The van der Waals surface area contributed by atoms with E-state index >= 15 is 0 Å². The quantitative estimate of drug-likeness (QED) is 0.870. The number of nitrogens with two attached hydrogens (primary N) is 1. The van der Waals surface area contributed by atoms with E-state index in [0.29, 0.717) is 12.6 Å². The van der Waals surface area contributed by atoms with E-state index in [1.807, 2.05) is 0 Å². The number of likely N-dealkylation sites (N-methyl/N-ethyl adjacent to an activating group) is 1. The van der Waals surface area contributed by atoms with Crippen molar-refractivity contribution in [1.29, 1.82) is 0 Å². The summed E-state index contributed by atoms with van der Waals surface area (Å²) in [6.07, 6.45) is 4.20. The second-order valence-corrected chi connectivity index (χ2v) is 6.10. The molecule has 1 atom stereocenters. The van der Waals surface area contributed by atoms with Crippen LogP contribution in [-0.4, -0.2) is 24.5 Å². The lowest BCUT2D eigenvalue weighted by atomic mass is 9.84. The fourth-order valence-electron chi connectivity index (χ4n) is 2.66. The van der Waals surface area contributed by atoms with Gasteiger partial charge in [0.15, 0.2) is 0 Å². The highest BCUT2D eigenvalue weighted by atomic mass is 79.9. The van der Waals surface area contributed by atoms with Crippen LogP contribution in [0.2, 0.25) is 0 Å². The Morgan fingerprint density at radius 1 is 1.33 bits per heavy atom. The maximum atomic E-state index is 6.00. The first-order valence-electron chi connectivity index (χ1n) is 6.94. The lowest BCUT2D eigenvalue weighted by Gasteiger charge is -2.36. The van der Waals surface area contributed by atoms with E-state index in [-0.39, 0.29) is 0 Å². The van der Waals surface area contributed by atoms with Gasteiger partial charge in [0.25, 0.3) is 0 Å². The number of rotatable bonds is 6. The minimum atomic E-state index is 0.365. The summed E-state index contributed by atoms with van der Waals surface area (Å²) in [4.78, 5) is 2.53. The maximum Gasteiger partial charge on any atom is 0.0470 e. The molecule has 1 aliphatic carbocycles. The Bertz CT molecular complexity index is 359. The average molecular weight is 311 g/mol. The molecule has 1 fully saturated rings. The van der Waals surface area contributed by atoms with Crippen molar-refractivity contribution < 1.29 is 0 Å². The molecule has 0 radical (unpaired) electrons. The van der Waals surface area contributed by atoms with Gasteiger partial charge in [0.05, 0.1) is 0 Å². The van der Waals surface area contributed by atoms with Crippen molar-refractivity contribution in [2.24, 2.45) is 11.7 Å². The van der Waals surface area contributed by atoms with Crippen molar-refractivity contribution in [3.8, 4) is 0 Å². The summed E-state index contributed by atoms with van der Waals surface area (Å²) in [5.74, 6) is 0.898. The smallest absolute Gasteiger partial charge is 0.0470 e. The predicted octanol–water partition coefficient (Wildman–Crippen LogP) is 3.57. The molecule has 0 amide bonds. The van der Waals surface area contributed by atoms with Gasteiger partial charge in [0.2, 0.25) is 0 Å². The van der Waals surface area contributed by atoms with Crippen LogP contribution >= 0.6 is 15.9 Å². The average Bonchev–Trinajstić information content (AvgIpc) is 2.34. The Hall–Kier alpha value is -0.380. The third-order valence-corrected chi connectivity index (χ3v) is 4.57. The molecular weight excluding hydrogens is 288 g/mol. The van der Waals surface area contributed by atoms with Crippen molar-refractivity contribution in [3.63, 3.8) is 0 Å². The maximum absolute atomic E-state index is 6.00. The van der Waals surface area contributed by atoms with Crippen LogP contribution in [0.1, 0.15) is 37.8 Å². The molecule has 1 aromatic carbocycles. The molecule has 0 heterocycles. The Kier molecular flexibility index (Phi) is 5.22. The molecule has 2 N–H and O–H groups in total. The predicted molar refractivity (Wildman–Crippen MR) is 80.5 cm³/mol. The summed E-state index contributed by atoms with van der Waals surface area (Å²) >= 11 is 3.49. The van der Waals surface area contributed by atoms with Gasteiger partial charge in [-0.15, -0.1) is 0 Å². The van der Waals surface area contributed by atoms with Crippen LogP contribution in [-0.2, 0) is 0 Å². The number of benzene rings is 1. The molecule has 1 unspecified atom stereocenters. The normalized spacial score (nSPS) is 17.8. The lowest BCUT2D eigenvalue weighted by molar-refractivity contribution is 0.141. The molecular formula is C15H23BrN2. The molecule has 2 nitrogen and oxygen atoms in total. The number of nitrogens with zero attached hydrogens (tertiary/aromatic N) is 1. The van der Waals surface area contributed by atoms with Gasteiger partial charge in [0.1, 0.15) is 0 Å². The van der Waals surface area contributed by atoms with Crippen LogP contribution in [0, 0.1) is 5.92 Å². The zero-order chi connectivity index (χ0) is 13.0. The Labute approximate surface area is 119 Å². The van der Waals surface area contributed by atoms with Gasteiger partial charge in [-0.2, -0.15) is 0 Å². The molecule has 100 valence electrons. The van der Waals surface area contributed by atoms with E-state index in [2.05, 4.69) is 52.0 Å². The Morgan fingerprint density at radius 2 is 2.00 bits per heavy atom. The summed E-state index contributed by atoms with van der Waals surface area (Å²) in [6, 6.07) is 8.95. The highest BCUT2D eigenvalue weighted by Crippen LogP contribution is 2.30. The van der Waals surface area contributed by atoms with Gasteiger partial charge in [-0.3, -0.25) is 4.90 Å². The molecule has 3 heteroatoms. The first-order valence-corrected chi connectivity index (χ1v) is 7.73. The van der Waals surface area contributed by atoms with E-state index in [9.17, 15) is 0 Å². The first-order chi connectivity index (χ1) is 8.74. The topological polar surface area (TPSA) is 29.3 Å². The minimum absolute atomic E-state index is 0.365. The summed E-state index contributed by atoms with van der Waals surface area (Å²) in [6.45, 7) is 5.21. The molecule has 2 rings (SSSR count). The lowest BCUT2D eigenvalue weighted by Crippen LogP contribution is -2.38. The third kappa shape index (κ3) is 3.34. The van der Waals surface area contributed by atoms with Crippen LogP contribution in [0.3, 0.4) is 0 Å². The molecule has 0 saturated heterocycles. The molecule has 0 spiro atoms. The second-order valence-electron chi connectivity index (χ2n) is 5.19. The Morgan fingerprint density at radius 3 is 2.44 bits per heavy atom. The van der Waals surface area contributed by atoms with Gasteiger partial charge < -0.3 is 5.73 Å². The number of halogens is 1. The van der Waals surface area contributed by atoms with Gasteiger partial charge in [-0.1, -0.05) is 41.4 Å². The van der Waals surface area contributed by atoms with E-state index in [0.717, 1.165) is 16.9 Å². The summed E-state index contributed by atoms with van der Waals surface area (Å²) in [5.41, 5.74) is 7.34. The van der Waals surface area contributed by atoms with Crippen molar-refractivity contribution in [2.45, 2.75) is 32.2 Å². The Balaban J connectivity index is 2.06. The van der Waals surface area contributed by atoms with Gasteiger partial charge in [0, 0.05) is 23.6 Å². The molecule has 1 aromatic rings. The molecule has 1 aliphatic rings. The first kappa shape index (κ1) is 14.0. The van der Waals surface area contributed by atoms with Crippen LogP contribution < -0.4 is 5.73 Å². The van der Waals surface area contributed by atoms with Crippen LogP contribution in [0.25, 0.3) is 0 Å². The highest BCUT2D eigenvalue weighted by Gasteiger charge is 2.24. The number of hydrogen-bond donors (Lipinski definition) is 1. The molecule has 1 saturated carbocycles. The molecule has 0 aromatic heterocycles. The highest BCUT2D eigenvalue weighted by molar-refractivity contribution is 9.10. The summed E-state index contributed by atoms with van der Waals surface area (Å²) < 4.78 is 1.13. The van der Waals surface area contributed by atoms with Crippen LogP contribution in [0.15, 0.2) is 28.7 Å². The summed E-state index contributed by atoms with van der Waals surface area (Å²) in [7, 11) is 0. The number of hydrogen-bond acceptors (Lipinski definition) is 2. The zero-order valence-electron chi connectivity index (χ0n) is 11.1. The second kappa shape index (κ2) is 6.69. The van der Waals surface area contributed by atoms with Crippen LogP contribution in [0.5, 0.6) is 0 Å². The van der Waals surface area contributed by atoms with E-state index in [1.165, 1.54) is 31.4 Å². The van der Waals surface area contributed by atoms with Gasteiger partial charge in [-0.05, 0) is 43.0 Å². The van der Waals surface area contributed by atoms with Crippen molar-refractivity contribution in [3.05, 3.63) is 34.3 Å². The van der Waals surface area contributed by atoms with Crippen molar-refractivity contribution in [2.75, 3.05) is 19.6 Å².